The molecule has 11 heteroatoms. The highest BCUT2D eigenvalue weighted by Gasteiger charge is 2.31. The van der Waals surface area contributed by atoms with Gasteiger partial charge in [-0.25, -0.2) is 18.6 Å². The van der Waals surface area contributed by atoms with Crippen LogP contribution in [0.15, 0.2) is 71.9 Å². The normalized spacial score (nSPS) is 17.2. The van der Waals surface area contributed by atoms with Crippen molar-refractivity contribution in [2.24, 2.45) is 5.41 Å². The molecule has 0 amide bonds. The first kappa shape index (κ1) is 34.9. The number of esters is 1. The molecular formula is C40H42F2N4O4S. The van der Waals surface area contributed by atoms with Crippen molar-refractivity contribution < 1.29 is 28.2 Å². The molecule has 1 aliphatic carbocycles. The number of aliphatic hydroxyl groups is 1. The number of nitrogens with zero attached hydrogens (tertiary/aromatic N) is 3. The van der Waals surface area contributed by atoms with Crippen molar-refractivity contribution in [3.8, 4) is 22.6 Å². The number of halogens is 2. The lowest BCUT2D eigenvalue weighted by atomic mass is 9.73. The van der Waals surface area contributed by atoms with E-state index < -0.39 is 23.7 Å². The Morgan fingerprint density at radius 2 is 1.84 bits per heavy atom. The van der Waals surface area contributed by atoms with Gasteiger partial charge in [0.25, 0.3) is 0 Å². The zero-order chi connectivity index (χ0) is 35.9. The Morgan fingerprint density at radius 3 is 2.57 bits per heavy atom. The number of aromatic amines is 1. The number of aliphatic hydroxyl groups excluding tert-OH is 1. The number of carbonyl (C=O) groups is 1. The molecule has 4 heterocycles. The Kier molecular flexibility index (Phi) is 9.71. The summed E-state index contributed by atoms with van der Waals surface area (Å²) in [5.74, 6) is -0.872. The van der Waals surface area contributed by atoms with E-state index in [-0.39, 0.29) is 16.5 Å². The van der Waals surface area contributed by atoms with Gasteiger partial charge in [-0.1, -0.05) is 19.4 Å². The number of pyridine rings is 1. The van der Waals surface area contributed by atoms with Gasteiger partial charge in [0, 0.05) is 60.9 Å². The monoisotopic (exact) mass is 712 g/mol. The Hall–Kier alpha value is -4.58. The van der Waals surface area contributed by atoms with E-state index in [2.05, 4.69) is 33.6 Å². The first-order valence-corrected chi connectivity index (χ1v) is 18.1. The first-order chi connectivity index (χ1) is 24.5. The smallest absolute Gasteiger partial charge is 0.341 e. The number of allylic oxidation sites excluding steroid dienone is 1. The van der Waals surface area contributed by atoms with Crippen LogP contribution in [0, 0.1) is 17.0 Å². The summed E-state index contributed by atoms with van der Waals surface area (Å²) in [6.45, 7) is 10.2. The molecule has 266 valence electrons. The number of carbonyl (C=O) groups excluding carboxylic acids is 1. The third kappa shape index (κ3) is 7.42. The summed E-state index contributed by atoms with van der Waals surface area (Å²) in [6, 6.07) is 13.7. The van der Waals surface area contributed by atoms with Crippen LogP contribution in [0.3, 0.4) is 0 Å². The van der Waals surface area contributed by atoms with Crippen molar-refractivity contribution in [2.45, 2.75) is 46.1 Å². The van der Waals surface area contributed by atoms with Crippen molar-refractivity contribution in [2.75, 3.05) is 44.7 Å². The van der Waals surface area contributed by atoms with Gasteiger partial charge in [0.1, 0.15) is 34.3 Å². The number of nitrogens with one attached hydrogen (secondary N) is 1. The van der Waals surface area contributed by atoms with Crippen molar-refractivity contribution in [1.82, 2.24) is 14.9 Å². The van der Waals surface area contributed by atoms with Crippen LogP contribution in [0.5, 0.6) is 11.5 Å². The molecule has 3 aromatic heterocycles. The Morgan fingerprint density at radius 1 is 1.08 bits per heavy atom. The SMILES string of the molecule is COC(=O)c1ccc(N2CCN(CC3=C(c4cc(-c5c(F)cc([C@H](C)O)cc5F)cs4)CC(C)(C)CC3)CC2)cc1Oc1cnc2[nH]ccc2c1. The lowest BCUT2D eigenvalue weighted by molar-refractivity contribution is 0.0598. The van der Waals surface area contributed by atoms with E-state index in [9.17, 15) is 9.90 Å². The molecule has 0 saturated carbocycles. The number of H-pyrrole nitrogens is 1. The Bertz CT molecular complexity index is 2090. The molecule has 0 spiro atoms. The number of rotatable bonds is 9. The third-order valence-electron chi connectivity index (χ3n) is 10.0. The van der Waals surface area contributed by atoms with Gasteiger partial charge in [-0.3, -0.25) is 4.90 Å². The van der Waals surface area contributed by atoms with Crippen LogP contribution in [0.1, 0.15) is 66.9 Å². The second kappa shape index (κ2) is 14.2. The number of fused-ring (bicyclic) bond motifs is 1. The second-order valence-electron chi connectivity index (χ2n) is 14.3. The minimum Gasteiger partial charge on any atom is -0.465 e. The fourth-order valence-electron chi connectivity index (χ4n) is 7.11. The quantitative estimate of drug-likeness (QED) is 0.148. The van der Waals surface area contributed by atoms with Crippen LogP contribution < -0.4 is 9.64 Å². The van der Waals surface area contributed by atoms with Gasteiger partial charge >= 0.3 is 5.97 Å². The molecule has 0 unspecified atom stereocenters. The second-order valence-corrected chi connectivity index (χ2v) is 15.2. The molecule has 7 rings (SSSR count). The van der Waals surface area contributed by atoms with Crippen LogP contribution >= 0.6 is 11.3 Å². The molecule has 0 radical (unpaired) electrons. The van der Waals surface area contributed by atoms with Gasteiger partial charge < -0.3 is 24.5 Å². The summed E-state index contributed by atoms with van der Waals surface area (Å²) in [5, 5.41) is 12.6. The van der Waals surface area contributed by atoms with Crippen molar-refractivity contribution >= 4 is 39.6 Å². The largest absolute Gasteiger partial charge is 0.465 e. The molecule has 8 nitrogen and oxygen atoms in total. The molecule has 1 fully saturated rings. The predicted molar refractivity (Wildman–Crippen MR) is 197 cm³/mol. The van der Waals surface area contributed by atoms with Crippen molar-refractivity contribution in [1.29, 1.82) is 0 Å². The van der Waals surface area contributed by atoms with Gasteiger partial charge in [0.15, 0.2) is 0 Å². The molecule has 1 aliphatic heterocycles. The van der Waals surface area contributed by atoms with Gasteiger partial charge in [0.2, 0.25) is 0 Å². The topological polar surface area (TPSA) is 90.9 Å². The van der Waals surface area contributed by atoms with Gasteiger partial charge in [-0.05, 0) is 96.1 Å². The number of aromatic nitrogens is 2. The number of piperazine rings is 1. The number of ether oxygens (including phenoxy) is 2. The highest BCUT2D eigenvalue weighted by Crippen LogP contribution is 2.46. The van der Waals surface area contributed by atoms with Crippen LogP contribution in [0.25, 0.3) is 27.7 Å². The number of methoxy groups -OCH3 is 1. The molecule has 2 N–H and O–H groups in total. The zero-order valence-corrected chi connectivity index (χ0v) is 30.1. The summed E-state index contributed by atoms with van der Waals surface area (Å²) < 4.78 is 41.5. The Balaban J connectivity index is 1.08. The highest BCUT2D eigenvalue weighted by atomic mass is 32.1. The fourth-order valence-corrected chi connectivity index (χ4v) is 8.10. The molecular weight excluding hydrogens is 671 g/mol. The minimum atomic E-state index is -0.951. The van der Waals surface area contributed by atoms with E-state index in [1.165, 1.54) is 48.6 Å². The van der Waals surface area contributed by atoms with Crippen molar-refractivity contribution in [3.63, 3.8) is 0 Å². The molecule has 1 atom stereocenters. The standard InChI is InChI=1S/C40H42F2N4O4S/c1-24(47)27-16-33(41)37(34(42)17-27)28-18-36(51-23-28)32-20-40(2,3)9-7-26(32)22-45-11-13-46(14-12-45)29-5-6-31(39(48)49-4)35(19-29)50-30-15-25-8-10-43-38(25)44-21-30/h5-6,8,10,15-19,21,23-24,47H,7,9,11-14,20,22H2,1-4H3,(H,43,44)/t24-/m0/s1. The molecule has 2 aromatic carbocycles. The van der Waals surface area contributed by atoms with Crippen LogP contribution in [-0.2, 0) is 4.74 Å². The zero-order valence-electron chi connectivity index (χ0n) is 29.3. The maximum Gasteiger partial charge on any atom is 0.341 e. The van der Waals surface area contributed by atoms with Crippen LogP contribution in [-0.4, -0.2) is 65.8 Å². The van der Waals surface area contributed by atoms with Gasteiger partial charge in [0.05, 0.1) is 25.0 Å². The van der Waals surface area contributed by atoms with E-state index in [1.54, 1.807) is 12.3 Å². The molecule has 5 aromatic rings. The molecule has 2 aliphatic rings. The molecule has 1 saturated heterocycles. The van der Waals surface area contributed by atoms with Crippen LogP contribution in [0.4, 0.5) is 14.5 Å². The number of hydrogen-bond donors (Lipinski definition) is 2. The number of benzene rings is 2. The predicted octanol–water partition coefficient (Wildman–Crippen LogP) is 8.99. The maximum atomic E-state index is 15.1. The third-order valence-corrected chi connectivity index (χ3v) is 11.0. The summed E-state index contributed by atoms with van der Waals surface area (Å²) in [5.41, 5.74) is 5.52. The Labute approximate surface area is 300 Å². The van der Waals surface area contributed by atoms with E-state index in [1.807, 2.05) is 41.9 Å². The van der Waals surface area contributed by atoms with Crippen molar-refractivity contribution in [3.05, 3.63) is 99.5 Å². The van der Waals surface area contributed by atoms with E-state index in [0.717, 1.165) is 73.6 Å². The summed E-state index contributed by atoms with van der Waals surface area (Å²) in [6.07, 6.45) is 5.45. The van der Waals surface area contributed by atoms with E-state index >= 15 is 8.78 Å². The average molecular weight is 713 g/mol. The van der Waals surface area contributed by atoms with E-state index in [4.69, 9.17) is 9.47 Å². The average Bonchev–Trinajstić information content (AvgIpc) is 3.79. The van der Waals surface area contributed by atoms with Crippen LogP contribution in [0.2, 0.25) is 0 Å². The summed E-state index contributed by atoms with van der Waals surface area (Å²) >= 11 is 1.53. The maximum absolute atomic E-state index is 15.1. The first-order valence-electron chi connectivity index (χ1n) is 17.3. The molecule has 51 heavy (non-hydrogen) atoms. The fraction of sp³-hybridized carbons (Fsp3) is 0.350. The summed E-state index contributed by atoms with van der Waals surface area (Å²) in [7, 11) is 1.36. The lowest BCUT2D eigenvalue weighted by Crippen LogP contribution is -2.47. The van der Waals surface area contributed by atoms with Gasteiger partial charge in [-0.2, -0.15) is 0 Å². The lowest BCUT2D eigenvalue weighted by Gasteiger charge is -2.39. The minimum absolute atomic E-state index is 0.0539. The van der Waals surface area contributed by atoms with E-state index in [0.29, 0.717) is 22.6 Å². The number of thiophene rings is 1. The summed E-state index contributed by atoms with van der Waals surface area (Å²) in [4.78, 5) is 25.9. The highest BCUT2D eigenvalue weighted by molar-refractivity contribution is 7.11. The number of anilines is 1. The van der Waals surface area contributed by atoms with Gasteiger partial charge in [-0.15, -0.1) is 11.3 Å². The molecule has 0 bridgehead atoms. The number of hydrogen-bond acceptors (Lipinski definition) is 8.